The molecular weight excluding hydrogens is 298 g/mol. The number of carbonyl (C=O) groups is 1. The Kier molecular flexibility index (Phi) is 3.73. The Balaban J connectivity index is 1.61. The predicted octanol–water partition coefficient (Wildman–Crippen LogP) is 2.64. The number of hydrogen-bond acceptors (Lipinski definition) is 3. The minimum atomic E-state index is 0.0653. The zero-order valence-corrected chi connectivity index (χ0v) is 13.9. The highest BCUT2D eigenvalue weighted by Crippen LogP contribution is 2.53. The smallest absolute Gasteiger partial charge is 0.177 e. The van der Waals surface area contributed by atoms with Crippen LogP contribution in [0.2, 0.25) is 0 Å². The van der Waals surface area contributed by atoms with Gasteiger partial charge in [-0.05, 0) is 42.6 Å². The van der Waals surface area contributed by atoms with Gasteiger partial charge in [0.25, 0.3) is 0 Å². The van der Waals surface area contributed by atoms with Crippen molar-refractivity contribution in [3.63, 3.8) is 0 Å². The van der Waals surface area contributed by atoms with Crippen LogP contribution in [0.1, 0.15) is 36.8 Å². The molecule has 1 saturated carbocycles. The van der Waals surface area contributed by atoms with Crippen molar-refractivity contribution in [2.45, 2.75) is 32.1 Å². The number of Topliss-reactive ketones (excluding diaryl/α,β-unsaturated/α-hetero) is 1. The van der Waals surface area contributed by atoms with Gasteiger partial charge >= 0.3 is 0 Å². The standard InChI is InChI=1S/C21H23NO2/c1-2-17-19(24)11-16-5-3-4-6-18(16)20(17)22-9-7-21(8-10-22)12-15(13-21)14-23/h1,3-6,15,23H,7-14H2. The molecule has 1 heterocycles. The largest absolute Gasteiger partial charge is 0.396 e. The van der Waals surface area contributed by atoms with Gasteiger partial charge in [0.1, 0.15) is 0 Å². The summed E-state index contributed by atoms with van der Waals surface area (Å²) >= 11 is 0. The first kappa shape index (κ1) is 15.5. The van der Waals surface area contributed by atoms with Gasteiger partial charge in [0.05, 0.1) is 11.3 Å². The quantitative estimate of drug-likeness (QED) is 0.851. The molecule has 124 valence electrons. The molecule has 0 unspecified atom stereocenters. The van der Waals surface area contributed by atoms with Gasteiger partial charge in [-0.1, -0.05) is 30.2 Å². The van der Waals surface area contributed by atoms with E-state index >= 15 is 0 Å². The van der Waals surface area contributed by atoms with Crippen molar-refractivity contribution in [3.8, 4) is 12.3 Å². The van der Waals surface area contributed by atoms with Crippen molar-refractivity contribution in [1.29, 1.82) is 0 Å². The lowest BCUT2D eigenvalue weighted by atomic mass is 9.57. The molecular formula is C21H23NO2. The normalized spacial score (nSPS) is 23.0. The fourth-order valence-corrected chi connectivity index (χ4v) is 4.82. The number of aliphatic hydroxyl groups excluding tert-OH is 1. The van der Waals surface area contributed by atoms with E-state index in [1.165, 1.54) is 0 Å². The van der Waals surface area contributed by atoms with E-state index in [0.29, 0.717) is 29.9 Å². The molecule has 0 bridgehead atoms. The highest BCUT2D eigenvalue weighted by molar-refractivity contribution is 6.10. The summed E-state index contributed by atoms with van der Waals surface area (Å²) in [5.74, 6) is 3.22. The third-order valence-corrected chi connectivity index (χ3v) is 6.13. The molecule has 0 amide bonds. The van der Waals surface area contributed by atoms with Crippen LogP contribution < -0.4 is 0 Å². The molecule has 3 nitrogen and oxygen atoms in total. The third kappa shape index (κ3) is 2.37. The van der Waals surface area contributed by atoms with Crippen molar-refractivity contribution >= 4 is 11.5 Å². The fraction of sp³-hybridized carbons (Fsp3) is 0.476. The van der Waals surface area contributed by atoms with Crippen LogP contribution in [0.15, 0.2) is 29.8 Å². The van der Waals surface area contributed by atoms with Gasteiger partial charge in [-0.25, -0.2) is 0 Å². The van der Waals surface area contributed by atoms with E-state index in [0.717, 1.165) is 55.6 Å². The van der Waals surface area contributed by atoms with Gasteiger partial charge in [-0.15, -0.1) is 6.42 Å². The second kappa shape index (κ2) is 5.79. The second-order valence-electron chi connectivity index (χ2n) is 7.57. The summed E-state index contributed by atoms with van der Waals surface area (Å²) in [4.78, 5) is 14.8. The molecule has 2 fully saturated rings. The van der Waals surface area contributed by atoms with Crippen LogP contribution in [0, 0.1) is 23.7 Å². The number of ketones is 1. The molecule has 4 rings (SSSR count). The molecule has 0 radical (unpaired) electrons. The molecule has 2 aliphatic carbocycles. The van der Waals surface area contributed by atoms with Crippen molar-refractivity contribution in [2.75, 3.05) is 19.7 Å². The molecule has 1 aromatic carbocycles. The van der Waals surface area contributed by atoms with Crippen LogP contribution in [0.5, 0.6) is 0 Å². The highest BCUT2D eigenvalue weighted by Gasteiger charge is 2.46. The Morgan fingerprint density at radius 1 is 1.25 bits per heavy atom. The minimum absolute atomic E-state index is 0.0653. The van der Waals surface area contributed by atoms with Gasteiger partial charge < -0.3 is 10.0 Å². The molecule has 3 aliphatic rings. The van der Waals surface area contributed by atoms with Gasteiger partial charge in [0.15, 0.2) is 5.78 Å². The molecule has 3 heteroatoms. The lowest BCUT2D eigenvalue weighted by molar-refractivity contribution is -0.114. The van der Waals surface area contributed by atoms with E-state index < -0.39 is 0 Å². The van der Waals surface area contributed by atoms with E-state index in [4.69, 9.17) is 6.42 Å². The Morgan fingerprint density at radius 2 is 1.96 bits per heavy atom. The maximum Gasteiger partial charge on any atom is 0.177 e. The first-order chi connectivity index (χ1) is 11.7. The maximum atomic E-state index is 12.5. The van der Waals surface area contributed by atoms with E-state index in [1.807, 2.05) is 18.2 Å². The van der Waals surface area contributed by atoms with Crippen LogP contribution >= 0.6 is 0 Å². The van der Waals surface area contributed by atoms with Crippen LogP contribution in [0.4, 0.5) is 0 Å². The molecule has 1 saturated heterocycles. The number of allylic oxidation sites excluding steroid dienone is 1. The zero-order chi connectivity index (χ0) is 16.7. The molecule has 1 aromatic rings. The van der Waals surface area contributed by atoms with Crippen molar-refractivity contribution in [3.05, 3.63) is 41.0 Å². The van der Waals surface area contributed by atoms with Crippen LogP contribution in [-0.2, 0) is 11.2 Å². The fourth-order valence-electron chi connectivity index (χ4n) is 4.82. The molecule has 1 spiro atoms. The number of carbonyl (C=O) groups excluding carboxylic acids is 1. The van der Waals surface area contributed by atoms with Gasteiger partial charge in [0.2, 0.25) is 0 Å². The molecule has 0 atom stereocenters. The molecule has 0 aromatic heterocycles. The summed E-state index contributed by atoms with van der Waals surface area (Å²) in [6.45, 7) is 2.21. The number of fused-ring (bicyclic) bond motifs is 1. The lowest BCUT2D eigenvalue weighted by Crippen LogP contribution is -2.47. The summed E-state index contributed by atoms with van der Waals surface area (Å²) in [5.41, 5.74) is 4.14. The zero-order valence-electron chi connectivity index (χ0n) is 13.9. The first-order valence-electron chi connectivity index (χ1n) is 8.84. The predicted molar refractivity (Wildman–Crippen MR) is 94.0 cm³/mol. The average molecular weight is 321 g/mol. The number of rotatable bonds is 2. The van der Waals surface area contributed by atoms with Crippen molar-refractivity contribution in [1.82, 2.24) is 4.90 Å². The lowest BCUT2D eigenvalue weighted by Gasteiger charge is -2.53. The average Bonchev–Trinajstić information content (AvgIpc) is 2.58. The highest BCUT2D eigenvalue weighted by atomic mass is 16.3. The van der Waals surface area contributed by atoms with Crippen LogP contribution in [0.25, 0.3) is 5.70 Å². The topological polar surface area (TPSA) is 40.5 Å². The van der Waals surface area contributed by atoms with Gasteiger partial charge in [-0.3, -0.25) is 4.79 Å². The SMILES string of the molecule is C#CC1=C(N2CCC3(CC2)CC(CO)C3)c2ccccc2CC1=O. The summed E-state index contributed by atoms with van der Waals surface area (Å²) < 4.78 is 0. The first-order valence-corrected chi connectivity index (χ1v) is 8.84. The number of nitrogens with zero attached hydrogens (tertiary/aromatic N) is 1. The Hall–Kier alpha value is -2.05. The molecule has 1 N–H and O–H groups in total. The van der Waals surface area contributed by atoms with E-state index in [1.54, 1.807) is 0 Å². The monoisotopic (exact) mass is 321 g/mol. The van der Waals surface area contributed by atoms with E-state index in [2.05, 4.69) is 16.9 Å². The number of hydrogen-bond donors (Lipinski definition) is 1. The number of piperidine rings is 1. The number of aliphatic hydroxyl groups is 1. The van der Waals surface area contributed by atoms with Crippen LogP contribution in [-0.4, -0.2) is 35.5 Å². The number of benzene rings is 1. The third-order valence-electron chi connectivity index (χ3n) is 6.13. The maximum absolute atomic E-state index is 12.5. The summed E-state index contributed by atoms with van der Waals surface area (Å²) in [6.07, 6.45) is 10.6. The number of terminal acetylenes is 1. The van der Waals surface area contributed by atoms with Gasteiger partial charge in [-0.2, -0.15) is 0 Å². The van der Waals surface area contributed by atoms with Crippen LogP contribution in [0.3, 0.4) is 0 Å². The van der Waals surface area contributed by atoms with E-state index in [-0.39, 0.29) is 5.78 Å². The van der Waals surface area contributed by atoms with E-state index in [9.17, 15) is 9.90 Å². The van der Waals surface area contributed by atoms with Gasteiger partial charge in [0, 0.05) is 31.7 Å². The Bertz CT molecular complexity index is 739. The summed E-state index contributed by atoms with van der Waals surface area (Å²) in [7, 11) is 0. The molecule has 24 heavy (non-hydrogen) atoms. The molecule has 1 aliphatic heterocycles. The second-order valence-corrected chi connectivity index (χ2v) is 7.57. The number of likely N-dealkylation sites (tertiary alicyclic amines) is 1. The Labute approximate surface area is 143 Å². The minimum Gasteiger partial charge on any atom is -0.396 e. The summed E-state index contributed by atoms with van der Waals surface area (Å²) in [5, 5.41) is 9.28. The van der Waals surface area contributed by atoms with Crippen molar-refractivity contribution in [2.24, 2.45) is 11.3 Å². The van der Waals surface area contributed by atoms with Crippen molar-refractivity contribution < 1.29 is 9.90 Å². The Morgan fingerprint density at radius 3 is 2.62 bits per heavy atom. The summed E-state index contributed by atoms with van der Waals surface area (Å²) in [6, 6.07) is 8.12.